The lowest BCUT2D eigenvalue weighted by Gasteiger charge is -2.34. The lowest BCUT2D eigenvalue weighted by Crippen LogP contribution is -2.41. The largest absolute Gasteiger partial charge is 0.371 e. The van der Waals surface area contributed by atoms with Gasteiger partial charge in [0.1, 0.15) is 9.79 Å². The number of amidine groups is 1. The van der Waals surface area contributed by atoms with E-state index in [1.54, 1.807) is 13.0 Å². The van der Waals surface area contributed by atoms with Crippen molar-refractivity contribution < 1.29 is 16.8 Å². The van der Waals surface area contributed by atoms with E-state index in [-0.39, 0.29) is 24.6 Å². The van der Waals surface area contributed by atoms with Crippen molar-refractivity contribution in [3.63, 3.8) is 0 Å². The molecule has 178 valence electrons. The van der Waals surface area contributed by atoms with Gasteiger partial charge in [-0.05, 0) is 43.9 Å². The monoisotopic (exact) mass is 486 g/mol. The van der Waals surface area contributed by atoms with Gasteiger partial charge in [-0.2, -0.15) is 5.11 Å². The first-order valence-corrected chi connectivity index (χ1v) is 13.4. The van der Waals surface area contributed by atoms with Crippen LogP contribution in [0.5, 0.6) is 0 Å². The van der Waals surface area contributed by atoms with Crippen molar-refractivity contribution in [2.45, 2.75) is 42.0 Å². The van der Waals surface area contributed by atoms with Crippen LogP contribution in [0.4, 0.5) is 5.69 Å². The van der Waals surface area contributed by atoms with Crippen LogP contribution in [0.3, 0.4) is 0 Å². The Morgan fingerprint density at radius 3 is 2.38 bits per heavy atom. The summed E-state index contributed by atoms with van der Waals surface area (Å²) in [6.07, 6.45) is 2.08. The highest BCUT2D eigenvalue weighted by atomic mass is 32.2. The van der Waals surface area contributed by atoms with Crippen molar-refractivity contribution in [1.82, 2.24) is 4.72 Å². The van der Waals surface area contributed by atoms with Crippen LogP contribution in [0.25, 0.3) is 0 Å². The Bertz CT molecular complexity index is 1110. The fraction of sp³-hybridized carbons (Fsp3) is 0.611. The number of piperidine rings is 1. The van der Waals surface area contributed by atoms with Crippen LogP contribution in [0.1, 0.15) is 31.7 Å². The zero-order valence-corrected chi connectivity index (χ0v) is 19.6. The third-order valence-electron chi connectivity index (χ3n) is 5.73. The molecule has 0 spiro atoms. The number of primary sulfonamides is 1. The summed E-state index contributed by atoms with van der Waals surface area (Å²) in [6.45, 7) is 3.68. The highest BCUT2D eigenvalue weighted by molar-refractivity contribution is 7.92. The van der Waals surface area contributed by atoms with E-state index in [9.17, 15) is 16.8 Å². The van der Waals surface area contributed by atoms with Gasteiger partial charge in [-0.3, -0.25) is 0 Å². The Balaban J connectivity index is 2.21. The van der Waals surface area contributed by atoms with Crippen LogP contribution in [-0.4, -0.2) is 61.6 Å². The van der Waals surface area contributed by atoms with Crippen LogP contribution in [0, 0.1) is 5.92 Å². The van der Waals surface area contributed by atoms with E-state index in [4.69, 9.17) is 16.6 Å². The van der Waals surface area contributed by atoms with Gasteiger partial charge in [-0.1, -0.05) is 6.92 Å². The van der Waals surface area contributed by atoms with Gasteiger partial charge < -0.3 is 16.4 Å². The second-order valence-electron chi connectivity index (χ2n) is 7.82. The van der Waals surface area contributed by atoms with Gasteiger partial charge in [0.15, 0.2) is 12.5 Å². The van der Waals surface area contributed by atoms with Crippen molar-refractivity contribution in [2.24, 2.45) is 37.7 Å². The Kier molecular flexibility index (Phi) is 7.62. The van der Waals surface area contributed by atoms with E-state index < -0.39 is 35.9 Å². The van der Waals surface area contributed by atoms with Crippen LogP contribution in [0.15, 0.2) is 37.1 Å². The van der Waals surface area contributed by atoms with Crippen LogP contribution < -0.4 is 26.2 Å². The standard InChI is InChI=1S/C18H30N8O4S2/c1-2-13(10-20)25-32(29,30)15-4-3-14(26-7-5-12(9-19)6-8-26)16(17(15)31(21,27)28)18-22-11-23-24-18/h3-4,12-13,25H,2,5-11,19-20H2,1H3,(H2,21,27,28)/t13-/m0/s1. The van der Waals surface area contributed by atoms with Gasteiger partial charge in [0.05, 0.1) is 5.56 Å². The van der Waals surface area contributed by atoms with E-state index in [1.165, 1.54) is 6.07 Å². The van der Waals surface area contributed by atoms with Crippen molar-refractivity contribution >= 4 is 31.6 Å². The minimum atomic E-state index is -4.49. The SMILES string of the molecule is CC[C@@H](CN)NS(=O)(=O)c1ccc(N2CCC(CN)CC2)c(C2=NCN=N2)c1S(N)(=O)=O. The van der Waals surface area contributed by atoms with Crippen LogP contribution in [-0.2, 0) is 20.0 Å². The summed E-state index contributed by atoms with van der Waals surface area (Å²) in [6, 6.07) is 2.27. The molecule has 0 aliphatic carbocycles. The second kappa shape index (κ2) is 9.89. The summed E-state index contributed by atoms with van der Waals surface area (Å²) >= 11 is 0. The zero-order valence-electron chi connectivity index (χ0n) is 17.9. The number of rotatable bonds is 9. The van der Waals surface area contributed by atoms with E-state index in [0.29, 0.717) is 37.7 Å². The summed E-state index contributed by atoms with van der Waals surface area (Å²) in [5.41, 5.74) is 12.0. The number of hydrogen-bond acceptors (Lipinski definition) is 10. The van der Waals surface area contributed by atoms with E-state index in [0.717, 1.165) is 12.8 Å². The molecule has 1 aromatic rings. The molecule has 0 aromatic heterocycles. The third-order valence-corrected chi connectivity index (χ3v) is 8.42. The first-order chi connectivity index (χ1) is 15.1. The van der Waals surface area contributed by atoms with Crippen molar-refractivity contribution in [3.8, 4) is 0 Å². The third kappa shape index (κ3) is 5.15. The summed E-state index contributed by atoms with van der Waals surface area (Å²) in [5.74, 6) is 0.412. The molecule has 2 aliphatic heterocycles. The number of aliphatic imine (C=N–C) groups is 1. The number of nitrogens with zero attached hydrogens (tertiary/aromatic N) is 4. The predicted molar refractivity (Wildman–Crippen MR) is 122 cm³/mol. The Morgan fingerprint density at radius 1 is 1.19 bits per heavy atom. The maximum absolute atomic E-state index is 13.2. The first kappa shape index (κ1) is 24.7. The topological polar surface area (TPSA) is 199 Å². The summed E-state index contributed by atoms with van der Waals surface area (Å²) in [5, 5.41) is 13.3. The molecule has 14 heteroatoms. The highest BCUT2D eigenvalue weighted by Crippen LogP contribution is 2.36. The quantitative estimate of drug-likeness (QED) is 0.367. The number of hydrogen-bond donors (Lipinski definition) is 4. The smallest absolute Gasteiger partial charge is 0.242 e. The molecule has 1 saturated heterocycles. The summed E-state index contributed by atoms with van der Waals surface area (Å²) < 4.78 is 54.2. The molecule has 0 bridgehead atoms. The molecule has 3 rings (SSSR count). The zero-order chi connectivity index (χ0) is 23.5. The van der Waals surface area contributed by atoms with Crippen molar-refractivity contribution in [3.05, 3.63) is 17.7 Å². The maximum Gasteiger partial charge on any atom is 0.242 e. The number of benzene rings is 1. The molecule has 2 aliphatic rings. The van der Waals surface area contributed by atoms with Gasteiger partial charge in [0.2, 0.25) is 20.0 Å². The van der Waals surface area contributed by atoms with Gasteiger partial charge in [-0.15, -0.1) is 5.11 Å². The van der Waals surface area contributed by atoms with Gasteiger partial charge in [0, 0.05) is 31.4 Å². The molecule has 1 fully saturated rings. The second-order valence-corrected chi connectivity index (χ2v) is 11.0. The normalized spacial score (nSPS) is 18.8. The average molecular weight is 487 g/mol. The number of azo groups is 1. The molecule has 2 heterocycles. The maximum atomic E-state index is 13.2. The average Bonchev–Trinajstić information content (AvgIpc) is 3.30. The highest BCUT2D eigenvalue weighted by Gasteiger charge is 2.34. The Hall–Kier alpha value is -1.97. The van der Waals surface area contributed by atoms with E-state index in [1.807, 2.05) is 4.90 Å². The molecule has 1 aromatic carbocycles. The predicted octanol–water partition coefficient (Wildman–Crippen LogP) is -0.305. The van der Waals surface area contributed by atoms with E-state index >= 15 is 0 Å². The molecule has 0 amide bonds. The van der Waals surface area contributed by atoms with Gasteiger partial charge in [0.25, 0.3) is 0 Å². The fourth-order valence-electron chi connectivity index (χ4n) is 3.88. The Labute approximate surface area is 188 Å². The number of anilines is 1. The molecular formula is C18H30N8O4S2. The molecule has 1 atom stereocenters. The minimum absolute atomic E-state index is 0.0222. The molecular weight excluding hydrogens is 456 g/mol. The minimum Gasteiger partial charge on any atom is -0.371 e. The van der Waals surface area contributed by atoms with Gasteiger partial charge >= 0.3 is 0 Å². The van der Waals surface area contributed by atoms with Crippen LogP contribution in [0.2, 0.25) is 0 Å². The lowest BCUT2D eigenvalue weighted by atomic mass is 9.96. The molecule has 0 saturated carbocycles. The first-order valence-electron chi connectivity index (χ1n) is 10.4. The number of nitrogens with one attached hydrogen (secondary N) is 1. The molecule has 0 radical (unpaired) electrons. The summed E-state index contributed by atoms with van der Waals surface area (Å²) in [4.78, 5) is 5.13. The van der Waals surface area contributed by atoms with Gasteiger partial charge in [-0.25, -0.2) is 31.7 Å². The van der Waals surface area contributed by atoms with E-state index in [2.05, 4.69) is 19.9 Å². The van der Waals surface area contributed by atoms with Crippen LogP contribution >= 0.6 is 0 Å². The fourth-order valence-corrected chi connectivity index (χ4v) is 6.80. The Morgan fingerprint density at radius 2 is 1.88 bits per heavy atom. The van der Waals surface area contributed by atoms with Crippen molar-refractivity contribution in [1.29, 1.82) is 0 Å². The molecule has 7 N–H and O–H groups in total. The van der Waals surface area contributed by atoms with Crippen molar-refractivity contribution in [2.75, 3.05) is 37.7 Å². The molecule has 12 nitrogen and oxygen atoms in total. The number of sulfonamides is 2. The molecule has 32 heavy (non-hydrogen) atoms. The lowest BCUT2D eigenvalue weighted by molar-refractivity contribution is 0.414. The molecule has 0 unspecified atom stereocenters. The summed E-state index contributed by atoms with van der Waals surface area (Å²) in [7, 11) is -8.75. The number of nitrogens with two attached hydrogens (primary N) is 3.